The van der Waals surface area contributed by atoms with Crippen LogP contribution in [0, 0.1) is 0 Å². The summed E-state index contributed by atoms with van der Waals surface area (Å²) in [7, 11) is 0. The van der Waals surface area contributed by atoms with Crippen LogP contribution in [0.5, 0.6) is 11.5 Å². The molecular weight excluding hydrogens is 294 g/mol. The molecule has 120 valence electrons. The molecule has 0 radical (unpaired) electrons. The molecule has 4 rings (SSSR count). The summed E-state index contributed by atoms with van der Waals surface area (Å²) >= 11 is 0. The lowest BCUT2D eigenvalue weighted by Gasteiger charge is -2.24. The monoisotopic (exact) mass is 313 g/mol. The van der Waals surface area contributed by atoms with Gasteiger partial charge in [0.1, 0.15) is 5.82 Å². The first-order valence-corrected chi connectivity index (χ1v) is 7.96. The van der Waals surface area contributed by atoms with Crippen molar-refractivity contribution >= 4 is 5.91 Å². The minimum absolute atomic E-state index is 0.0904. The largest absolute Gasteiger partial charge is 0.454 e. The normalized spacial score (nSPS) is 18.5. The number of carbonyl (C=O) groups excluding carboxylic acids is 1. The zero-order chi connectivity index (χ0) is 15.6. The maximum atomic E-state index is 12.2. The second-order valence-corrected chi connectivity index (χ2v) is 5.98. The minimum Gasteiger partial charge on any atom is -0.454 e. The topological polar surface area (TPSA) is 65.4 Å². The van der Waals surface area contributed by atoms with E-state index in [-0.39, 0.29) is 18.7 Å². The summed E-state index contributed by atoms with van der Waals surface area (Å²) in [5, 5.41) is 3.12. The third-order valence-electron chi connectivity index (χ3n) is 4.39. The van der Waals surface area contributed by atoms with Crippen molar-refractivity contribution in [3.05, 3.63) is 42.0 Å². The lowest BCUT2D eigenvalue weighted by Crippen LogP contribution is -2.40. The highest BCUT2D eigenvalue weighted by atomic mass is 16.7. The first kappa shape index (κ1) is 14.1. The number of amides is 1. The lowest BCUT2D eigenvalue weighted by molar-refractivity contribution is -0.121. The van der Waals surface area contributed by atoms with Crippen LogP contribution >= 0.6 is 0 Å². The van der Waals surface area contributed by atoms with Crippen molar-refractivity contribution in [2.24, 2.45) is 0 Å². The second-order valence-electron chi connectivity index (χ2n) is 5.98. The number of nitrogens with one attached hydrogen (secondary N) is 1. The highest BCUT2D eigenvalue weighted by Crippen LogP contribution is 2.32. The zero-order valence-electron chi connectivity index (χ0n) is 12.8. The van der Waals surface area contributed by atoms with Gasteiger partial charge in [0.15, 0.2) is 11.5 Å². The fourth-order valence-electron chi connectivity index (χ4n) is 3.13. The molecule has 1 atom stereocenters. The Hall–Kier alpha value is -2.50. The van der Waals surface area contributed by atoms with Gasteiger partial charge in [-0.3, -0.25) is 4.79 Å². The number of carbonyl (C=O) groups is 1. The van der Waals surface area contributed by atoms with Gasteiger partial charge in [-0.1, -0.05) is 6.07 Å². The zero-order valence-corrected chi connectivity index (χ0v) is 12.8. The molecule has 1 N–H and O–H groups in total. The first-order valence-electron chi connectivity index (χ1n) is 7.96. The first-order chi connectivity index (χ1) is 11.3. The Bertz CT molecular complexity index is 726. The summed E-state index contributed by atoms with van der Waals surface area (Å²) in [5.74, 6) is 2.68. The molecule has 6 nitrogen and oxygen atoms in total. The van der Waals surface area contributed by atoms with Crippen LogP contribution in [0.4, 0.5) is 0 Å². The number of benzene rings is 1. The molecular formula is C17H19N3O3. The van der Waals surface area contributed by atoms with E-state index >= 15 is 0 Å². The van der Waals surface area contributed by atoms with Crippen molar-refractivity contribution in [3.8, 4) is 11.5 Å². The molecule has 1 aromatic heterocycles. The summed E-state index contributed by atoms with van der Waals surface area (Å²) in [6.45, 7) is 1.19. The second kappa shape index (κ2) is 5.95. The summed E-state index contributed by atoms with van der Waals surface area (Å²) < 4.78 is 12.8. The standard InChI is InChI=1S/C17H19N3O3/c21-17(19-13-5-7-20-8-6-18-16(20)10-13)4-2-12-1-3-14-15(9-12)23-11-22-14/h1,3,6,8-9,13H,2,4-5,7,10-11H2,(H,19,21). The van der Waals surface area contributed by atoms with Gasteiger partial charge in [0.05, 0.1) is 0 Å². The Balaban J connectivity index is 1.29. The number of rotatable bonds is 4. The maximum Gasteiger partial charge on any atom is 0.231 e. The molecule has 1 unspecified atom stereocenters. The SMILES string of the molecule is O=C(CCc1ccc2c(c1)OCO2)NC1CCn2ccnc2C1. The molecule has 2 aliphatic rings. The van der Waals surface area contributed by atoms with Crippen molar-refractivity contribution < 1.29 is 14.3 Å². The molecule has 6 heteroatoms. The number of ether oxygens (including phenoxy) is 2. The highest BCUT2D eigenvalue weighted by Gasteiger charge is 2.20. The third-order valence-corrected chi connectivity index (χ3v) is 4.39. The van der Waals surface area contributed by atoms with Gasteiger partial charge >= 0.3 is 0 Å². The van der Waals surface area contributed by atoms with E-state index in [1.807, 2.05) is 30.6 Å². The Labute approximate surface area is 134 Å². The van der Waals surface area contributed by atoms with Crippen LogP contribution in [-0.2, 0) is 24.2 Å². The number of nitrogens with zero attached hydrogens (tertiary/aromatic N) is 2. The lowest BCUT2D eigenvalue weighted by atomic mass is 10.0. The molecule has 0 fully saturated rings. The molecule has 0 aliphatic carbocycles. The van der Waals surface area contributed by atoms with Crippen LogP contribution in [0.2, 0.25) is 0 Å². The summed E-state index contributed by atoms with van der Waals surface area (Å²) in [4.78, 5) is 16.5. The summed E-state index contributed by atoms with van der Waals surface area (Å²) in [6.07, 6.45) is 6.75. The average molecular weight is 313 g/mol. The van der Waals surface area contributed by atoms with E-state index in [9.17, 15) is 4.79 Å². The van der Waals surface area contributed by atoms with Gasteiger partial charge in [0.2, 0.25) is 12.7 Å². The van der Waals surface area contributed by atoms with Crippen molar-refractivity contribution in [3.63, 3.8) is 0 Å². The number of fused-ring (bicyclic) bond motifs is 2. The number of aromatic nitrogens is 2. The Morgan fingerprint density at radius 3 is 3.22 bits per heavy atom. The molecule has 3 heterocycles. The minimum atomic E-state index is 0.0904. The van der Waals surface area contributed by atoms with Gasteiger partial charge < -0.3 is 19.4 Å². The van der Waals surface area contributed by atoms with Crippen LogP contribution in [-0.4, -0.2) is 28.3 Å². The van der Waals surface area contributed by atoms with Crippen molar-refractivity contribution in [2.45, 2.75) is 38.3 Å². The van der Waals surface area contributed by atoms with E-state index in [0.29, 0.717) is 12.8 Å². The fraction of sp³-hybridized carbons (Fsp3) is 0.412. The fourth-order valence-corrected chi connectivity index (χ4v) is 3.13. The van der Waals surface area contributed by atoms with Crippen LogP contribution in [0.1, 0.15) is 24.2 Å². The summed E-state index contributed by atoms with van der Waals surface area (Å²) in [5.41, 5.74) is 1.09. The molecule has 0 spiro atoms. The van der Waals surface area contributed by atoms with Crippen molar-refractivity contribution in [2.75, 3.05) is 6.79 Å². The predicted octanol–water partition coefficient (Wildman–Crippen LogP) is 1.68. The van der Waals surface area contributed by atoms with E-state index in [1.165, 1.54) is 0 Å². The van der Waals surface area contributed by atoms with E-state index in [1.54, 1.807) is 0 Å². The van der Waals surface area contributed by atoms with Gasteiger partial charge in [0.25, 0.3) is 0 Å². The highest BCUT2D eigenvalue weighted by molar-refractivity contribution is 5.76. The quantitative estimate of drug-likeness (QED) is 0.932. The van der Waals surface area contributed by atoms with Crippen LogP contribution < -0.4 is 14.8 Å². The third kappa shape index (κ3) is 3.02. The van der Waals surface area contributed by atoms with Crippen molar-refractivity contribution in [1.82, 2.24) is 14.9 Å². The Morgan fingerprint density at radius 1 is 1.35 bits per heavy atom. The molecule has 0 bridgehead atoms. The van der Waals surface area contributed by atoms with Crippen LogP contribution in [0.3, 0.4) is 0 Å². The maximum absolute atomic E-state index is 12.2. The molecule has 0 saturated heterocycles. The van der Waals surface area contributed by atoms with E-state index in [2.05, 4.69) is 14.9 Å². The number of aryl methyl sites for hydroxylation is 2. The van der Waals surface area contributed by atoms with Gasteiger partial charge in [-0.25, -0.2) is 4.98 Å². The van der Waals surface area contributed by atoms with Gasteiger partial charge in [-0.05, 0) is 30.5 Å². The van der Waals surface area contributed by atoms with E-state index in [4.69, 9.17) is 9.47 Å². The predicted molar refractivity (Wildman–Crippen MR) is 83.4 cm³/mol. The van der Waals surface area contributed by atoms with Gasteiger partial charge in [0, 0.05) is 37.8 Å². The number of hydrogen-bond acceptors (Lipinski definition) is 4. The summed E-state index contributed by atoms with van der Waals surface area (Å²) in [6, 6.07) is 6.02. The molecule has 1 amide bonds. The molecule has 2 aromatic rings. The van der Waals surface area contributed by atoms with Crippen LogP contribution in [0.15, 0.2) is 30.6 Å². The van der Waals surface area contributed by atoms with E-state index < -0.39 is 0 Å². The van der Waals surface area contributed by atoms with Gasteiger partial charge in [-0.2, -0.15) is 0 Å². The van der Waals surface area contributed by atoms with Crippen LogP contribution in [0.25, 0.3) is 0 Å². The Morgan fingerprint density at radius 2 is 2.26 bits per heavy atom. The molecule has 1 aromatic carbocycles. The van der Waals surface area contributed by atoms with E-state index in [0.717, 1.165) is 42.3 Å². The molecule has 23 heavy (non-hydrogen) atoms. The number of imidazole rings is 1. The molecule has 2 aliphatic heterocycles. The Kier molecular flexibility index (Phi) is 3.65. The average Bonchev–Trinajstić information content (AvgIpc) is 3.20. The van der Waals surface area contributed by atoms with Crippen molar-refractivity contribution in [1.29, 1.82) is 0 Å². The van der Waals surface area contributed by atoms with Gasteiger partial charge in [-0.15, -0.1) is 0 Å². The number of hydrogen-bond donors (Lipinski definition) is 1. The molecule has 0 saturated carbocycles. The smallest absolute Gasteiger partial charge is 0.231 e.